The fourth-order valence-corrected chi connectivity index (χ4v) is 3.29. The Kier molecular flexibility index (Phi) is 7.16. The molecule has 2 heterocycles. The van der Waals surface area contributed by atoms with E-state index in [2.05, 4.69) is 20.6 Å². The molecule has 0 unspecified atom stereocenters. The number of hydrogen-bond donors (Lipinski definition) is 2. The normalized spacial score (nSPS) is 13.7. The maximum absolute atomic E-state index is 14.0. The number of nitrogens with one attached hydrogen (secondary N) is 2. The molecule has 3 rings (SSSR count). The molecule has 0 aliphatic carbocycles. The van der Waals surface area contributed by atoms with Crippen molar-refractivity contribution in [2.24, 2.45) is 0 Å². The van der Waals surface area contributed by atoms with Crippen molar-refractivity contribution in [1.82, 2.24) is 20.2 Å². The van der Waals surface area contributed by atoms with Gasteiger partial charge in [-0.3, -0.25) is 4.79 Å². The summed E-state index contributed by atoms with van der Waals surface area (Å²) in [5, 5.41) is 4.90. The predicted octanol–water partition coefficient (Wildman–Crippen LogP) is 1.68. The van der Waals surface area contributed by atoms with E-state index < -0.39 is 17.7 Å². The summed E-state index contributed by atoms with van der Waals surface area (Å²) in [4.78, 5) is 37.8. The minimum Gasteiger partial charge on any atom is -0.373 e. The van der Waals surface area contributed by atoms with Gasteiger partial charge in [-0.2, -0.15) is 0 Å². The fraction of sp³-hybridized carbons (Fsp3) is 0.400. The van der Waals surface area contributed by atoms with E-state index in [1.807, 2.05) is 4.90 Å². The van der Waals surface area contributed by atoms with Crippen molar-refractivity contribution in [3.05, 3.63) is 42.2 Å². The number of aromatic nitrogens is 2. The van der Waals surface area contributed by atoms with Gasteiger partial charge < -0.3 is 25.3 Å². The lowest BCUT2D eigenvalue weighted by Gasteiger charge is -2.34. The number of urea groups is 1. The molecular weight excluding hydrogens is 408 g/mol. The van der Waals surface area contributed by atoms with Crippen LogP contribution in [0.15, 0.2) is 30.6 Å². The zero-order valence-corrected chi connectivity index (χ0v) is 17.4. The minimum atomic E-state index is -0.782. The average molecular weight is 433 g/mol. The van der Waals surface area contributed by atoms with E-state index in [4.69, 9.17) is 0 Å². The van der Waals surface area contributed by atoms with E-state index >= 15 is 0 Å². The van der Waals surface area contributed by atoms with E-state index in [1.54, 1.807) is 23.4 Å². The van der Waals surface area contributed by atoms with Crippen molar-refractivity contribution in [2.75, 3.05) is 61.9 Å². The third kappa shape index (κ3) is 5.77. The Morgan fingerprint density at radius 1 is 1.06 bits per heavy atom. The molecule has 2 N–H and O–H groups in total. The largest absolute Gasteiger partial charge is 0.373 e. The quantitative estimate of drug-likeness (QED) is 0.720. The smallest absolute Gasteiger partial charge is 0.319 e. The Hall–Kier alpha value is -3.50. The molecule has 2 aromatic rings. The van der Waals surface area contributed by atoms with Crippen molar-refractivity contribution in [2.45, 2.75) is 6.42 Å². The summed E-state index contributed by atoms with van der Waals surface area (Å²) in [5.41, 5.74) is -0.195. The molecule has 1 aromatic heterocycles. The van der Waals surface area contributed by atoms with E-state index in [0.29, 0.717) is 32.1 Å². The lowest BCUT2D eigenvalue weighted by molar-refractivity contribution is -0.131. The topological polar surface area (TPSA) is 93.7 Å². The predicted molar refractivity (Wildman–Crippen MR) is 113 cm³/mol. The van der Waals surface area contributed by atoms with Crippen molar-refractivity contribution >= 4 is 29.3 Å². The third-order valence-corrected chi connectivity index (χ3v) is 4.81. The van der Waals surface area contributed by atoms with Gasteiger partial charge in [-0.05, 0) is 18.2 Å². The van der Waals surface area contributed by atoms with Gasteiger partial charge in [0.2, 0.25) is 11.9 Å². The second kappa shape index (κ2) is 10.0. The molecule has 9 nitrogen and oxygen atoms in total. The molecule has 3 amide bonds. The summed E-state index contributed by atoms with van der Waals surface area (Å²) >= 11 is 0. The number of halogens is 2. The molecule has 1 fully saturated rings. The molecule has 166 valence electrons. The van der Waals surface area contributed by atoms with Gasteiger partial charge in [0.25, 0.3) is 0 Å². The minimum absolute atomic E-state index is 0.0105. The van der Waals surface area contributed by atoms with Crippen LogP contribution in [0.1, 0.15) is 6.42 Å². The first-order valence-corrected chi connectivity index (χ1v) is 9.86. The van der Waals surface area contributed by atoms with Crippen molar-refractivity contribution < 1.29 is 18.4 Å². The highest BCUT2D eigenvalue weighted by atomic mass is 19.1. The number of amides is 3. The average Bonchev–Trinajstić information content (AvgIpc) is 2.73. The first kappa shape index (κ1) is 22.2. The highest BCUT2D eigenvalue weighted by Crippen LogP contribution is 2.25. The molecule has 0 radical (unpaired) electrons. The summed E-state index contributed by atoms with van der Waals surface area (Å²) in [5.74, 6) is -1.01. The van der Waals surface area contributed by atoms with E-state index in [-0.39, 0.29) is 30.2 Å². The van der Waals surface area contributed by atoms with Crippen LogP contribution in [0, 0.1) is 11.6 Å². The summed E-state index contributed by atoms with van der Waals surface area (Å²) < 4.78 is 28.0. The zero-order chi connectivity index (χ0) is 22.4. The molecule has 0 bridgehead atoms. The number of anilines is 3. The van der Waals surface area contributed by atoms with Crippen molar-refractivity contribution in [3.8, 4) is 0 Å². The molecule has 1 saturated heterocycles. The third-order valence-electron chi connectivity index (χ3n) is 4.81. The molecule has 1 aliphatic rings. The van der Waals surface area contributed by atoms with Crippen LogP contribution >= 0.6 is 0 Å². The van der Waals surface area contributed by atoms with Crippen LogP contribution in [0.2, 0.25) is 0 Å². The summed E-state index contributed by atoms with van der Waals surface area (Å²) in [6.45, 7) is 2.45. The van der Waals surface area contributed by atoms with E-state index in [0.717, 1.165) is 12.1 Å². The van der Waals surface area contributed by atoms with Gasteiger partial charge in [0.1, 0.15) is 5.69 Å². The van der Waals surface area contributed by atoms with Crippen LogP contribution in [-0.2, 0) is 4.79 Å². The van der Waals surface area contributed by atoms with Gasteiger partial charge in [-0.15, -0.1) is 0 Å². The van der Waals surface area contributed by atoms with Crippen molar-refractivity contribution in [3.63, 3.8) is 0 Å². The van der Waals surface area contributed by atoms with Gasteiger partial charge in [0.05, 0.1) is 0 Å². The molecule has 11 heteroatoms. The highest BCUT2D eigenvalue weighted by Gasteiger charge is 2.22. The number of benzene rings is 1. The monoisotopic (exact) mass is 433 g/mol. The van der Waals surface area contributed by atoms with E-state index in [9.17, 15) is 18.4 Å². The summed E-state index contributed by atoms with van der Waals surface area (Å²) in [6.07, 6.45) is 3.48. The van der Waals surface area contributed by atoms with Crippen LogP contribution in [0.5, 0.6) is 0 Å². The second-order valence-electron chi connectivity index (χ2n) is 7.23. The Labute approximate surface area is 179 Å². The second-order valence-corrected chi connectivity index (χ2v) is 7.23. The fourth-order valence-electron chi connectivity index (χ4n) is 3.29. The molecule has 0 spiro atoms. The SMILES string of the molecule is CN(C)c1c(F)cc(NC(=O)NCCC(=O)N2CCN(c3ncccn3)CC2)cc1F. The van der Waals surface area contributed by atoms with Crippen LogP contribution < -0.4 is 20.4 Å². The van der Waals surface area contributed by atoms with Gasteiger partial charge in [-0.25, -0.2) is 23.5 Å². The van der Waals surface area contributed by atoms with Gasteiger partial charge in [-0.1, -0.05) is 0 Å². The standard InChI is InChI=1S/C20H25F2N7O2/c1-27(2)18-15(21)12-14(13-16(18)22)26-20(31)25-7-4-17(30)28-8-10-29(11-9-28)19-23-5-3-6-24-19/h3,5-6,12-13H,4,7-11H2,1-2H3,(H2,25,26,31). The number of rotatable bonds is 6. The van der Waals surface area contributed by atoms with Gasteiger partial charge >= 0.3 is 6.03 Å². The van der Waals surface area contributed by atoms with Gasteiger partial charge in [0, 0.05) is 71.3 Å². The number of piperazine rings is 1. The van der Waals surface area contributed by atoms with Crippen LogP contribution in [0.25, 0.3) is 0 Å². The molecule has 0 saturated carbocycles. The van der Waals surface area contributed by atoms with E-state index in [1.165, 1.54) is 19.0 Å². The first-order chi connectivity index (χ1) is 14.8. The maximum atomic E-state index is 14.0. The summed E-state index contributed by atoms with van der Waals surface area (Å²) in [6, 6.07) is 3.19. The van der Waals surface area contributed by atoms with Crippen molar-refractivity contribution in [1.29, 1.82) is 0 Å². The zero-order valence-electron chi connectivity index (χ0n) is 17.4. The van der Waals surface area contributed by atoms with Gasteiger partial charge in [0.15, 0.2) is 11.6 Å². The Bertz CT molecular complexity index is 896. The maximum Gasteiger partial charge on any atom is 0.319 e. The van der Waals surface area contributed by atoms with Crippen LogP contribution in [0.3, 0.4) is 0 Å². The molecule has 1 aromatic carbocycles. The lowest BCUT2D eigenvalue weighted by atomic mass is 10.2. The van der Waals surface area contributed by atoms with Crippen LogP contribution in [-0.4, -0.2) is 73.6 Å². The molecular formula is C20H25F2N7O2. The number of hydrogen-bond acceptors (Lipinski definition) is 6. The summed E-state index contributed by atoms with van der Waals surface area (Å²) in [7, 11) is 3.04. The molecule has 0 atom stereocenters. The Morgan fingerprint density at radius 2 is 1.68 bits per heavy atom. The Morgan fingerprint density at radius 3 is 2.26 bits per heavy atom. The number of nitrogens with zero attached hydrogens (tertiary/aromatic N) is 5. The molecule has 1 aliphatic heterocycles. The lowest BCUT2D eigenvalue weighted by Crippen LogP contribution is -2.49. The Balaban J connectivity index is 1.41. The van der Waals surface area contributed by atoms with Crippen LogP contribution in [0.4, 0.5) is 30.9 Å². The number of carbonyl (C=O) groups excluding carboxylic acids is 2. The number of carbonyl (C=O) groups is 2. The highest BCUT2D eigenvalue weighted by molar-refractivity contribution is 5.90. The molecule has 31 heavy (non-hydrogen) atoms. The first-order valence-electron chi connectivity index (χ1n) is 9.86.